The molecule has 3 N–H and O–H groups in total. The Morgan fingerprint density at radius 2 is 1.86 bits per heavy atom. The second-order valence-corrected chi connectivity index (χ2v) is 6.09. The lowest BCUT2D eigenvalue weighted by Gasteiger charge is -2.20. The highest BCUT2D eigenvalue weighted by Crippen LogP contribution is 2.22. The highest BCUT2D eigenvalue weighted by Gasteiger charge is 2.16. The van der Waals surface area contributed by atoms with Gasteiger partial charge in [-0.1, -0.05) is 45.0 Å². The van der Waals surface area contributed by atoms with Crippen molar-refractivity contribution in [1.82, 2.24) is 5.32 Å². The minimum Gasteiger partial charge on any atom is -0.352 e. The van der Waals surface area contributed by atoms with Crippen LogP contribution in [0.25, 0.3) is 0 Å². The first-order valence-electron chi connectivity index (χ1n) is 7.49. The van der Waals surface area contributed by atoms with Crippen LogP contribution in [0.15, 0.2) is 24.3 Å². The monoisotopic (exact) mass is 312 g/mol. The molecule has 4 heteroatoms. The summed E-state index contributed by atoms with van der Waals surface area (Å²) in [5.74, 6) is 0.864. The third-order valence-electron chi connectivity index (χ3n) is 3.62. The molecule has 2 atom stereocenters. The van der Waals surface area contributed by atoms with Crippen LogP contribution in [0.5, 0.6) is 0 Å². The number of aryl methyl sites for hydroxylation is 1. The zero-order chi connectivity index (χ0) is 15.1. The molecule has 0 spiro atoms. The molecule has 0 radical (unpaired) electrons. The van der Waals surface area contributed by atoms with Crippen molar-refractivity contribution in [2.45, 2.75) is 52.5 Å². The third-order valence-corrected chi connectivity index (χ3v) is 3.62. The van der Waals surface area contributed by atoms with Gasteiger partial charge in [-0.2, -0.15) is 0 Å². The molecule has 0 heterocycles. The van der Waals surface area contributed by atoms with E-state index in [1.165, 1.54) is 11.1 Å². The number of amides is 1. The van der Waals surface area contributed by atoms with Gasteiger partial charge in [-0.05, 0) is 36.3 Å². The van der Waals surface area contributed by atoms with Gasteiger partial charge in [0.15, 0.2) is 0 Å². The van der Waals surface area contributed by atoms with Gasteiger partial charge in [-0.25, -0.2) is 0 Å². The van der Waals surface area contributed by atoms with Gasteiger partial charge in [0, 0.05) is 19.0 Å². The summed E-state index contributed by atoms with van der Waals surface area (Å²) in [5, 5.41) is 3.05. The molecule has 0 aromatic heterocycles. The smallest absolute Gasteiger partial charge is 0.220 e. The third kappa shape index (κ3) is 6.96. The van der Waals surface area contributed by atoms with E-state index in [9.17, 15) is 4.79 Å². The van der Waals surface area contributed by atoms with E-state index in [0.717, 1.165) is 6.42 Å². The van der Waals surface area contributed by atoms with Crippen LogP contribution in [0.3, 0.4) is 0 Å². The highest BCUT2D eigenvalue weighted by atomic mass is 35.5. The summed E-state index contributed by atoms with van der Waals surface area (Å²) >= 11 is 0. The SMILES string of the molecule is Cc1ccccc1C(C)CC(=O)NC(CN)CC(C)C.Cl. The zero-order valence-corrected chi connectivity index (χ0v) is 14.4. The number of carbonyl (C=O) groups is 1. The molecule has 0 aliphatic heterocycles. The van der Waals surface area contributed by atoms with E-state index in [1.807, 2.05) is 12.1 Å². The van der Waals surface area contributed by atoms with Crippen LogP contribution in [-0.2, 0) is 4.79 Å². The number of benzene rings is 1. The molecule has 0 bridgehead atoms. The standard InChI is InChI=1S/C17H28N2O.ClH/c1-12(2)9-15(11-18)19-17(20)10-14(4)16-8-6-5-7-13(16)3;/h5-8,12,14-15H,9-11,18H2,1-4H3,(H,19,20);1H. The molecule has 1 rings (SSSR count). The molecule has 0 fully saturated rings. The normalized spacial score (nSPS) is 13.4. The fourth-order valence-electron chi connectivity index (χ4n) is 2.60. The summed E-state index contributed by atoms with van der Waals surface area (Å²) in [6, 6.07) is 8.33. The lowest BCUT2D eigenvalue weighted by molar-refractivity contribution is -0.122. The molecular weight excluding hydrogens is 284 g/mol. The van der Waals surface area contributed by atoms with Gasteiger partial charge in [0.25, 0.3) is 0 Å². The number of halogens is 1. The van der Waals surface area contributed by atoms with Crippen LogP contribution in [-0.4, -0.2) is 18.5 Å². The van der Waals surface area contributed by atoms with Crippen molar-refractivity contribution in [3.63, 3.8) is 0 Å². The Hall–Kier alpha value is -1.06. The number of carbonyl (C=O) groups excluding carboxylic acids is 1. The highest BCUT2D eigenvalue weighted by molar-refractivity contribution is 5.85. The van der Waals surface area contributed by atoms with Crippen molar-refractivity contribution in [3.8, 4) is 0 Å². The molecule has 3 nitrogen and oxygen atoms in total. The fraction of sp³-hybridized carbons (Fsp3) is 0.588. The lowest BCUT2D eigenvalue weighted by Crippen LogP contribution is -2.41. The molecule has 0 aliphatic rings. The predicted octanol–water partition coefficient (Wildman–Crippen LogP) is 3.40. The van der Waals surface area contributed by atoms with Gasteiger partial charge in [-0.3, -0.25) is 4.79 Å². The van der Waals surface area contributed by atoms with E-state index < -0.39 is 0 Å². The second kappa shape index (κ2) is 9.80. The van der Waals surface area contributed by atoms with Crippen molar-refractivity contribution in [2.24, 2.45) is 11.7 Å². The first-order valence-corrected chi connectivity index (χ1v) is 7.49. The Morgan fingerprint density at radius 3 is 2.38 bits per heavy atom. The minimum atomic E-state index is 0. The van der Waals surface area contributed by atoms with E-state index in [4.69, 9.17) is 5.73 Å². The van der Waals surface area contributed by atoms with Gasteiger partial charge in [0.2, 0.25) is 5.91 Å². The van der Waals surface area contributed by atoms with Crippen molar-refractivity contribution in [1.29, 1.82) is 0 Å². The van der Waals surface area contributed by atoms with E-state index >= 15 is 0 Å². The first kappa shape index (κ1) is 19.9. The topological polar surface area (TPSA) is 55.1 Å². The maximum Gasteiger partial charge on any atom is 0.220 e. The van der Waals surface area contributed by atoms with Gasteiger partial charge < -0.3 is 11.1 Å². The van der Waals surface area contributed by atoms with Crippen molar-refractivity contribution >= 4 is 18.3 Å². The molecule has 2 unspecified atom stereocenters. The molecule has 0 saturated heterocycles. The number of hydrogen-bond donors (Lipinski definition) is 2. The second-order valence-electron chi connectivity index (χ2n) is 6.09. The number of nitrogens with one attached hydrogen (secondary N) is 1. The predicted molar refractivity (Wildman–Crippen MR) is 91.9 cm³/mol. The van der Waals surface area contributed by atoms with E-state index in [2.05, 4.69) is 45.1 Å². The van der Waals surface area contributed by atoms with Crippen molar-refractivity contribution in [2.75, 3.05) is 6.54 Å². The molecule has 1 aromatic rings. The maximum atomic E-state index is 12.1. The largest absolute Gasteiger partial charge is 0.352 e. The van der Waals surface area contributed by atoms with Crippen molar-refractivity contribution < 1.29 is 4.79 Å². The zero-order valence-electron chi connectivity index (χ0n) is 13.6. The summed E-state index contributed by atoms with van der Waals surface area (Å²) in [4.78, 5) is 12.1. The molecule has 1 amide bonds. The van der Waals surface area contributed by atoms with Crippen LogP contribution in [0.4, 0.5) is 0 Å². The Morgan fingerprint density at radius 1 is 1.24 bits per heavy atom. The molecular formula is C17H29ClN2O. The molecule has 0 saturated carbocycles. The summed E-state index contributed by atoms with van der Waals surface area (Å²) in [6.07, 6.45) is 1.44. The molecule has 1 aromatic carbocycles. The van der Waals surface area contributed by atoms with E-state index in [0.29, 0.717) is 18.9 Å². The average Bonchev–Trinajstić information content (AvgIpc) is 2.37. The first-order chi connectivity index (χ1) is 9.43. The van der Waals surface area contributed by atoms with Crippen LogP contribution in [0.2, 0.25) is 0 Å². The van der Waals surface area contributed by atoms with E-state index in [-0.39, 0.29) is 30.3 Å². The Balaban J connectivity index is 0.00000400. The summed E-state index contributed by atoms with van der Waals surface area (Å²) in [6.45, 7) is 8.98. The minimum absolute atomic E-state index is 0. The van der Waals surface area contributed by atoms with Gasteiger partial charge in [0.05, 0.1) is 0 Å². The maximum absolute atomic E-state index is 12.1. The van der Waals surface area contributed by atoms with Gasteiger partial charge in [0.1, 0.15) is 0 Å². The van der Waals surface area contributed by atoms with Gasteiger partial charge in [-0.15, -0.1) is 12.4 Å². The quantitative estimate of drug-likeness (QED) is 0.810. The Labute approximate surface area is 135 Å². The number of nitrogens with two attached hydrogens (primary N) is 1. The summed E-state index contributed by atoms with van der Waals surface area (Å²) in [5.41, 5.74) is 8.21. The Kier molecular flexibility index (Phi) is 9.31. The average molecular weight is 313 g/mol. The van der Waals surface area contributed by atoms with Crippen LogP contribution in [0, 0.1) is 12.8 Å². The number of rotatable bonds is 7. The summed E-state index contributed by atoms with van der Waals surface area (Å²) < 4.78 is 0. The van der Waals surface area contributed by atoms with Crippen LogP contribution < -0.4 is 11.1 Å². The molecule has 120 valence electrons. The van der Waals surface area contributed by atoms with Crippen LogP contribution >= 0.6 is 12.4 Å². The van der Waals surface area contributed by atoms with Gasteiger partial charge >= 0.3 is 0 Å². The van der Waals surface area contributed by atoms with E-state index in [1.54, 1.807) is 0 Å². The number of hydrogen-bond acceptors (Lipinski definition) is 2. The summed E-state index contributed by atoms with van der Waals surface area (Å²) in [7, 11) is 0. The lowest BCUT2D eigenvalue weighted by atomic mass is 9.93. The molecule has 0 aliphatic carbocycles. The fourth-order valence-corrected chi connectivity index (χ4v) is 2.60. The molecule has 21 heavy (non-hydrogen) atoms. The van der Waals surface area contributed by atoms with Crippen LogP contribution in [0.1, 0.15) is 50.7 Å². The Bertz CT molecular complexity index is 435. The van der Waals surface area contributed by atoms with Crippen molar-refractivity contribution in [3.05, 3.63) is 35.4 Å².